The van der Waals surface area contributed by atoms with Crippen LogP contribution in [0.2, 0.25) is 0 Å². The van der Waals surface area contributed by atoms with E-state index in [4.69, 9.17) is 5.73 Å². The number of piperidine rings is 1. The van der Waals surface area contributed by atoms with Gasteiger partial charge < -0.3 is 26.2 Å². The summed E-state index contributed by atoms with van der Waals surface area (Å²) in [5, 5.41) is 46.6. The normalized spacial score (nSPS) is 17.3. The van der Waals surface area contributed by atoms with Gasteiger partial charge in [-0.05, 0) is 75.3 Å². The van der Waals surface area contributed by atoms with Gasteiger partial charge in [0.05, 0.1) is 21.6 Å². The van der Waals surface area contributed by atoms with E-state index in [9.17, 15) is 30.0 Å². The fourth-order valence-electron chi connectivity index (χ4n) is 6.29. The van der Waals surface area contributed by atoms with E-state index in [1.807, 2.05) is 4.90 Å². The predicted octanol–water partition coefficient (Wildman–Crippen LogP) is 3.17. The second kappa shape index (κ2) is 9.02. The van der Waals surface area contributed by atoms with E-state index in [1.165, 1.54) is 12.1 Å². The average Bonchev–Trinajstić information content (AvgIpc) is 2.80. The van der Waals surface area contributed by atoms with E-state index >= 15 is 0 Å². The first-order valence-electron chi connectivity index (χ1n) is 12.2. The zero-order valence-electron chi connectivity index (χ0n) is 21.2. The van der Waals surface area contributed by atoms with Gasteiger partial charge >= 0.3 is 0 Å². The Morgan fingerprint density at radius 2 is 1.53 bits per heavy atom. The molecule has 6 N–H and O–H groups in total. The summed E-state index contributed by atoms with van der Waals surface area (Å²) >= 11 is 0. The Balaban J connectivity index is 0.00000168. The molecule has 0 atom stereocenters. The molecule has 1 aliphatic carbocycles. The lowest BCUT2D eigenvalue weighted by Crippen LogP contribution is -2.43. The zero-order chi connectivity index (χ0) is 25.8. The summed E-state index contributed by atoms with van der Waals surface area (Å²) in [7, 11) is 0. The molecule has 1 heterocycles. The molecule has 4 aromatic rings. The molecule has 4 aromatic carbocycles. The predicted molar refractivity (Wildman–Crippen MR) is 154 cm³/mol. The Morgan fingerprint density at radius 1 is 0.895 bits per heavy atom. The topological polar surface area (TPSA) is 144 Å². The fraction of sp³-hybridized carbons (Fsp3) is 0.357. The van der Waals surface area contributed by atoms with Crippen LogP contribution in [-0.4, -0.2) is 44.5 Å². The van der Waals surface area contributed by atoms with Crippen molar-refractivity contribution in [2.45, 2.75) is 51.6 Å². The SMILES string of the molecule is Cc1cc(=O)c2c(O)c3c(O)c(CN4CCC(N)CC4)c(=O)c4c3c3c(cc(O)c1c23)C(C)(C)C=4O.Cl.Cl. The summed E-state index contributed by atoms with van der Waals surface area (Å²) in [4.78, 5) is 29.1. The van der Waals surface area contributed by atoms with Crippen molar-refractivity contribution < 1.29 is 20.4 Å². The van der Waals surface area contributed by atoms with Gasteiger partial charge in [0.1, 0.15) is 23.0 Å². The molecule has 1 fully saturated rings. The first-order valence-corrected chi connectivity index (χ1v) is 12.2. The maximum Gasteiger partial charge on any atom is 0.198 e. The van der Waals surface area contributed by atoms with Crippen LogP contribution < -0.4 is 21.8 Å². The monoisotopic (exact) mass is 560 g/mol. The maximum absolute atomic E-state index is 13.9. The Hall–Kier alpha value is -3.04. The molecule has 0 saturated carbocycles. The molecule has 0 bridgehead atoms. The number of phenols is 3. The molecule has 0 unspecified atom stereocenters. The van der Waals surface area contributed by atoms with Gasteiger partial charge in [-0.2, -0.15) is 0 Å². The minimum atomic E-state index is -1.08. The van der Waals surface area contributed by atoms with Gasteiger partial charge in [-0.3, -0.25) is 14.5 Å². The molecular weight excluding hydrogens is 531 g/mol. The highest BCUT2D eigenvalue weighted by atomic mass is 35.5. The minimum absolute atomic E-state index is 0. The van der Waals surface area contributed by atoms with Crippen molar-refractivity contribution >= 4 is 62.9 Å². The van der Waals surface area contributed by atoms with Crippen LogP contribution >= 0.6 is 24.8 Å². The van der Waals surface area contributed by atoms with Crippen molar-refractivity contribution in [3.05, 3.63) is 54.5 Å². The largest absolute Gasteiger partial charge is 0.511 e. The van der Waals surface area contributed by atoms with E-state index in [-0.39, 0.29) is 75.9 Å². The summed E-state index contributed by atoms with van der Waals surface area (Å²) in [5.41, 5.74) is 5.08. The number of aliphatic hydroxyl groups excluding tert-OH is 1. The first-order chi connectivity index (χ1) is 16.9. The number of rotatable bonds is 2. The van der Waals surface area contributed by atoms with Crippen LogP contribution in [0.5, 0.6) is 17.2 Å². The molecule has 38 heavy (non-hydrogen) atoms. The molecule has 6 rings (SSSR count). The Morgan fingerprint density at radius 3 is 2.16 bits per heavy atom. The summed E-state index contributed by atoms with van der Waals surface area (Å²) in [5.74, 6) is -1.15. The molecular formula is C28H30Cl2N2O6. The van der Waals surface area contributed by atoms with Gasteiger partial charge in [-0.15, -0.1) is 24.8 Å². The number of halogens is 2. The second-order valence-electron chi connectivity index (χ2n) is 10.9. The van der Waals surface area contributed by atoms with E-state index in [2.05, 4.69) is 0 Å². The van der Waals surface area contributed by atoms with Crippen molar-refractivity contribution in [1.29, 1.82) is 0 Å². The average molecular weight is 561 g/mol. The molecule has 10 heteroatoms. The number of nitrogens with zero attached hydrogens (tertiary/aromatic N) is 1. The number of benzene rings is 4. The Labute approximate surface area is 230 Å². The summed E-state index contributed by atoms with van der Waals surface area (Å²) < 4.78 is 0. The lowest BCUT2D eigenvalue weighted by Gasteiger charge is -2.33. The first kappa shape index (κ1) is 28.0. The number of aliphatic hydroxyl groups is 1. The lowest BCUT2D eigenvalue weighted by atomic mass is 9.72. The smallest absolute Gasteiger partial charge is 0.198 e. The number of likely N-dealkylation sites (tertiary alicyclic amines) is 1. The van der Waals surface area contributed by atoms with Crippen molar-refractivity contribution in [2.24, 2.45) is 5.73 Å². The van der Waals surface area contributed by atoms with Crippen LogP contribution in [-0.2, 0) is 12.0 Å². The third-order valence-electron chi connectivity index (χ3n) is 8.31. The van der Waals surface area contributed by atoms with Crippen LogP contribution in [0.4, 0.5) is 0 Å². The third kappa shape index (κ3) is 3.44. The number of nitrogens with two attached hydrogens (primary N) is 1. The quantitative estimate of drug-likeness (QED) is 0.186. The highest BCUT2D eigenvalue weighted by Crippen LogP contribution is 2.51. The number of hydrogen-bond acceptors (Lipinski definition) is 8. The number of phenolic OH excluding ortho intramolecular Hbond substituents is 3. The minimum Gasteiger partial charge on any atom is -0.511 e. The van der Waals surface area contributed by atoms with Gasteiger partial charge in [0, 0.05) is 34.2 Å². The Bertz CT molecular complexity index is 1810. The van der Waals surface area contributed by atoms with Crippen LogP contribution in [0.3, 0.4) is 0 Å². The molecule has 0 spiro atoms. The van der Waals surface area contributed by atoms with E-state index in [0.29, 0.717) is 40.4 Å². The van der Waals surface area contributed by atoms with Crippen molar-refractivity contribution in [3.8, 4) is 17.2 Å². The lowest BCUT2D eigenvalue weighted by molar-refractivity contribution is 0.203. The van der Waals surface area contributed by atoms with Crippen molar-refractivity contribution in [2.75, 3.05) is 13.1 Å². The van der Waals surface area contributed by atoms with Crippen molar-refractivity contribution in [3.63, 3.8) is 0 Å². The van der Waals surface area contributed by atoms with Crippen LogP contribution in [0.25, 0.3) is 38.1 Å². The zero-order valence-corrected chi connectivity index (χ0v) is 22.8. The van der Waals surface area contributed by atoms with Crippen LogP contribution in [0.1, 0.15) is 43.4 Å². The van der Waals surface area contributed by atoms with Gasteiger partial charge in [0.2, 0.25) is 0 Å². The van der Waals surface area contributed by atoms with Crippen LogP contribution in [0, 0.1) is 6.92 Å². The maximum atomic E-state index is 13.9. The molecule has 1 saturated heterocycles. The van der Waals surface area contributed by atoms with Gasteiger partial charge in [-0.25, -0.2) is 0 Å². The van der Waals surface area contributed by atoms with E-state index < -0.39 is 27.8 Å². The number of aromatic hydroxyl groups is 3. The molecule has 8 nitrogen and oxygen atoms in total. The number of hydrogen-bond donors (Lipinski definition) is 5. The third-order valence-corrected chi connectivity index (χ3v) is 8.31. The summed E-state index contributed by atoms with van der Waals surface area (Å²) in [6, 6.07) is 2.98. The van der Waals surface area contributed by atoms with Crippen LogP contribution in [0.15, 0.2) is 21.7 Å². The summed E-state index contributed by atoms with van der Waals surface area (Å²) in [6.07, 6.45) is 1.52. The molecule has 2 aliphatic rings. The molecule has 0 aromatic heterocycles. The van der Waals surface area contributed by atoms with Gasteiger partial charge in [0.15, 0.2) is 10.9 Å². The van der Waals surface area contributed by atoms with E-state index in [1.54, 1.807) is 20.8 Å². The highest BCUT2D eigenvalue weighted by molar-refractivity contribution is 6.29. The van der Waals surface area contributed by atoms with Gasteiger partial charge in [0.25, 0.3) is 0 Å². The molecule has 1 aliphatic heterocycles. The van der Waals surface area contributed by atoms with Crippen molar-refractivity contribution in [1.82, 2.24) is 4.90 Å². The standard InChI is InChI=1S/C28H28N2O6.2ClH/c1-11-8-15(31)19-20-17(11)16(32)9-14-18(20)21-22(26(19)35)24(33)13(10-30-6-4-12(29)5-7-30)25(34)23(21)27(36)28(14,2)3;;/h8-9,12,32-33,35-36H,4-7,10,29H2,1-3H3;2*1H. The molecule has 202 valence electrons. The summed E-state index contributed by atoms with van der Waals surface area (Å²) in [6.45, 7) is 6.61. The fourth-order valence-corrected chi connectivity index (χ4v) is 6.29. The molecule has 0 radical (unpaired) electrons. The Kier molecular flexibility index (Phi) is 6.64. The number of aryl methyl sites for hydroxylation is 1. The highest BCUT2D eigenvalue weighted by Gasteiger charge is 2.38. The second-order valence-corrected chi connectivity index (χ2v) is 10.9. The van der Waals surface area contributed by atoms with E-state index in [0.717, 1.165) is 12.8 Å². The molecule has 0 amide bonds. The van der Waals surface area contributed by atoms with Gasteiger partial charge in [-0.1, -0.05) is 0 Å².